The van der Waals surface area contributed by atoms with E-state index >= 15 is 0 Å². The summed E-state index contributed by atoms with van der Waals surface area (Å²) in [5, 5.41) is 10.9. The number of hydrogen-bond acceptors (Lipinski definition) is 5. The summed E-state index contributed by atoms with van der Waals surface area (Å²) in [5.74, 6) is 0.930. The van der Waals surface area contributed by atoms with Crippen molar-refractivity contribution in [1.29, 1.82) is 0 Å². The predicted molar refractivity (Wildman–Crippen MR) is 78.4 cm³/mol. The van der Waals surface area contributed by atoms with Crippen molar-refractivity contribution < 1.29 is 22.8 Å². The van der Waals surface area contributed by atoms with Crippen LogP contribution in [0.25, 0.3) is 0 Å². The summed E-state index contributed by atoms with van der Waals surface area (Å²) >= 11 is 0.950. The minimum Gasteiger partial charge on any atom is -0.497 e. The van der Waals surface area contributed by atoms with Crippen molar-refractivity contribution in [3.63, 3.8) is 0 Å². The van der Waals surface area contributed by atoms with Gasteiger partial charge in [0.1, 0.15) is 17.6 Å². The number of pyridine rings is 1. The highest BCUT2D eigenvalue weighted by atomic mass is 32.2. The van der Waals surface area contributed by atoms with E-state index in [2.05, 4.69) is 4.98 Å². The summed E-state index contributed by atoms with van der Waals surface area (Å²) in [7, 11) is 1.52. The van der Waals surface area contributed by atoms with Crippen LogP contribution in [0.5, 0.6) is 5.75 Å². The van der Waals surface area contributed by atoms with Gasteiger partial charge in [-0.25, -0.2) is 4.98 Å². The molecule has 2 rings (SSSR count). The molecule has 0 atom stereocenters. The lowest BCUT2D eigenvalue weighted by molar-refractivity contribution is -0.388. The number of rotatable bonds is 5. The number of nitrogens with zero attached hydrogens (tertiary/aromatic N) is 2. The Labute approximate surface area is 133 Å². The molecule has 122 valence electrons. The van der Waals surface area contributed by atoms with Gasteiger partial charge >= 0.3 is 11.9 Å². The Bertz CT molecular complexity index is 705. The van der Waals surface area contributed by atoms with E-state index in [1.807, 2.05) is 0 Å². The molecule has 0 amide bonds. The van der Waals surface area contributed by atoms with Crippen LogP contribution < -0.4 is 4.74 Å². The summed E-state index contributed by atoms with van der Waals surface area (Å²) in [6.07, 6.45) is -4.01. The van der Waals surface area contributed by atoms with Gasteiger partial charge in [-0.15, -0.1) is 11.8 Å². The molecule has 23 heavy (non-hydrogen) atoms. The summed E-state index contributed by atoms with van der Waals surface area (Å²) in [6.45, 7) is 0. The normalized spacial score (nSPS) is 11.3. The molecule has 0 aliphatic heterocycles. The molecule has 0 radical (unpaired) electrons. The molecule has 0 saturated carbocycles. The maximum Gasteiger partial charge on any atom is 0.433 e. The Balaban J connectivity index is 2.23. The van der Waals surface area contributed by atoms with E-state index in [1.54, 1.807) is 24.3 Å². The van der Waals surface area contributed by atoms with E-state index in [9.17, 15) is 23.3 Å². The number of benzene rings is 1. The minimum absolute atomic E-state index is 0.0758. The molecule has 0 spiro atoms. The molecular weight excluding hydrogens is 333 g/mol. The van der Waals surface area contributed by atoms with Crippen molar-refractivity contribution in [2.45, 2.75) is 16.8 Å². The number of nitro groups is 1. The first-order valence-corrected chi connectivity index (χ1v) is 7.27. The van der Waals surface area contributed by atoms with Gasteiger partial charge in [-0.05, 0) is 23.8 Å². The van der Waals surface area contributed by atoms with Gasteiger partial charge in [0.2, 0.25) is 0 Å². The molecule has 0 fully saturated rings. The number of methoxy groups -OCH3 is 1. The summed E-state index contributed by atoms with van der Waals surface area (Å²) in [4.78, 5) is 13.2. The summed E-state index contributed by atoms with van der Waals surface area (Å²) in [5.41, 5.74) is -0.799. The van der Waals surface area contributed by atoms with Crippen LogP contribution in [0.3, 0.4) is 0 Å². The Hall–Kier alpha value is -2.29. The first kappa shape index (κ1) is 17.1. The first-order chi connectivity index (χ1) is 10.8. The molecule has 0 N–H and O–H groups in total. The van der Waals surface area contributed by atoms with Gasteiger partial charge in [0.25, 0.3) is 0 Å². The van der Waals surface area contributed by atoms with Gasteiger partial charge in [-0.2, -0.15) is 13.2 Å². The molecule has 0 saturated heterocycles. The van der Waals surface area contributed by atoms with E-state index in [4.69, 9.17) is 4.74 Å². The smallest absolute Gasteiger partial charge is 0.433 e. The number of thioether (sulfide) groups is 1. The molecule has 1 aromatic heterocycles. The lowest BCUT2D eigenvalue weighted by Gasteiger charge is -2.08. The highest BCUT2D eigenvalue weighted by molar-refractivity contribution is 7.98. The molecule has 2 aromatic rings. The average Bonchev–Trinajstić information content (AvgIpc) is 2.52. The Morgan fingerprint density at radius 2 is 1.96 bits per heavy atom. The van der Waals surface area contributed by atoms with Gasteiger partial charge in [-0.1, -0.05) is 12.1 Å². The van der Waals surface area contributed by atoms with Gasteiger partial charge in [0, 0.05) is 5.75 Å². The van der Waals surface area contributed by atoms with Crippen molar-refractivity contribution in [3.05, 3.63) is 57.9 Å². The fourth-order valence-electron chi connectivity index (χ4n) is 1.72. The van der Waals surface area contributed by atoms with Crippen LogP contribution in [-0.4, -0.2) is 17.0 Å². The largest absolute Gasteiger partial charge is 0.497 e. The lowest BCUT2D eigenvalue weighted by atomic mass is 10.2. The third-order valence-corrected chi connectivity index (χ3v) is 4.00. The Kier molecular flexibility index (Phi) is 5.09. The number of aromatic nitrogens is 1. The quantitative estimate of drug-likeness (QED) is 0.459. The third kappa shape index (κ3) is 4.35. The standard InChI is InChI=1S/C14H11F3N2O3S/c1-22-10-4-2-9(3-5-10)8-23-12-6-13(14(15,16)17)18-7-11(12)19(20)21/h2-7H,8H2,1H3. The molecule has 0 aliphatic carbocycles. The number of halogens is 3. The molecule has 5 nitrogen and oxygen atoms in total. The molecule has 0 unspecified atom stereocenters. The van der Waals surface area contributed by atoms with Crippen LogP contribution in [0.1, 0.15) is 11.3 Å². The predicted octanol–water partition coefficient (Wildman–Crippen LogP) is 4.31. The zero-order valence-corrected chi connectivity index (χ0v) is 12.6. The zero-order chi connectivity index (χ0) is 17.0. The number of hydrogen-bond donors (Lipinski definition) is 0. The van der Waals surface area contributed by atoms with Crippen molar-refractivity contribution in [3.8, 4) is 5.75 Å². The van der Waals surface area contributed by atoms with Crippen molar-refractivity contribution in [1.82, 2.24) is 4.98 Å². The second-order valence-electron chi connectivity index (χ2n) is 4.43. The van der Waals surface area contributed by atoms with E-state index in [-0.39, 0.29) is 10.6 Å². The van der Waals surface area contributed by atoms with Crippen LogP contribution >= 0.6 is 11.8 Å². The molecule has 9 heteroatoms. The van der Waals surface area contributed by atoms with E-state index in [1.165, 1.54) is 7.11 Å². The fourth-order valence-corrected chi connectivity index (χ4v) is 2.70. The van der Waals surface area contributed by atoms with Crippen molar-refractivity contribution in [2.75, 3.05) is 7.11 Å². The third-order valence-electron chi connectivity index (χ3n) is 2.89. The lowest BCUT2D eigenvalue weighted by Crippen LogP contribution is -2.08. The molecule has 1 aromatic carbocycles. The molecule has 0 aliphatic rings. The van der Waals surface area contributed by atoms with Crippen molar-refractivity contribution in [2.24, 2.45) is 0 Å². The van der Waals surface area contributed by atoms with Crippen LogP contribution in [-0.2, 0) is 11.9 Å². The van der Waals surface area contributed by atoms with Gasteiger partial charge in [0.05, 0.1) is 16.9 Å². The maximum absolute atomic E-state index is 12.7. The maximum atomic E-state index is 12.7. The van der Waals surface area contributed by atoms with Crippen LogP contribution in [0.4, 0.5) is 18.9 Å². The number of alkyl halides is 3. The summed E-state index contributed by atoms with van der Waals surface area (Å²) < 4.78 is 43.1. The van der Waals surface area contributed by atoms with E-state index in [0.29, 0.717) is 18.0 Å². The minimum atomic E-state index is -4.65. The summed E-state index contributed by atoms with van der Waals surface area (Å²) in [6, 6.07) is 7.59. The SMILES string of the molecule is COc1ccc(CSc2cc(C(F)(F)F)ncc2[N+](=O)[O-])cc1. The van der Waals surface area contributed by atoms with Crippen LogP contribution in [0.15, 0.2) is 41.4 Å². The van der Waals surface area contributed by atoms with E-state index < -0.39 is 22.5 Å². The fraction of sp³-hybridized carbons (Fsp3) is 0.214. The first-order valence-electron chi connectivity index (χ1n) is 6.28. The highest BCUT2D eigenvalue weighted by Crippen LogP contribution is 2.36. The van der Waals surface area contributed by atoms with E-state index in [0.717, 1.165) is 17.3 Å². The van der Waals surface area contributed by atoms with Crippen LogP contribution in [0.2, 0.25) is 0 Å². The van der Waals surface area contributed by atoms with Crippen LogP contribution in [0, 0.1) is 10.1 Å². The second kappa shape index (κ2) is 6.86. The topological polar surface area (TPSA) is 65.3 Å². The van der Waals surface area contributed by atoms with Crippen molar-refractivity contribution >= 4 is 17.4 Å². The van der Waals surface area contributed by atoms with Gasteiger partial charge in [0.15, 0.2) is 0 Å². The monoisotopic (exact) mass is 344 g/mol. The molecule has 0 bridgehead atoms. The van der Waals surface area contributed by atoms with Gasteiger partial charge < -0.3 is 4.74 Å². The highest BCUT2D eigenvalue weighted by Gasteiger charge is 2.34. The van der Waals surface area contributed by atoms with Gasteiger partial charge in [-0.3, -0.25) is 10.1 Å². The second-order valence-corrected chi connectivity index (χ2v) is 5.45. The average molecular weight is 344 g/mol. The molecular formula is C14H11F3N2O3S. The molecule has 1 heterocycles. The Morgan fingerprint density at radius 1 is 1.30 bits per heavy atom. The number of ether oxygens (including phenoxy) is 1. The zero-order valence-electron chi connectivity index (χ0n) is 11.8. The Morgan fingerprint density at radius 3 is 2.48 bits per heavy atom.